The van der Waals surface area contributed by atoms with Gasteiger partial charge in [-0.15, -0.1) is 0 Å². The average Bonchev–Trinajstić information content (AvgIpc) is 2.55. The van der Waals surface area contributed by atoms with Gasteiger partial charge in [-0.3, -0.25) is 4.79 Å². The Bertz CT molecular complexity index is 718. The molecule has 0 fully saturated rings. The van der Waals surface area contributed by atoms with Gasteiger partial charge in [0, 0.05) is 23.5 Å². The molecule has 2 aromatic carbocycles. The molecule has 0 heterocycles. The van der Waals surface area contributed by atoms with Gasteiger partial charge in [-0.2, -0.15) is 0 Å². The zero-order chi connectivity index (χ0) is 18.2. The second-order valence-electron chi connectivity index (χ2n) is 5.09. The Morgan fingerprint density at radius 3 is 2.20 bits per heavy atom. The number of hydrogen-bond donors (Lipinski definition) is 2. The fraction of sp³-hybridized carbons (Fsp3) is 0.278. The number of benzene rings is 2. The van der Waals surface area contributed by atoms with Crippen molar-refractivity contribution in [1.29, 1.82) is 0 Å². The molecule has 2 rings (SSSR count). The maximum atomic E-state index is 13.1. The van der Waals surface area contributed by atoms with E-state index in [2.05, 4.69) is 10.6 Å². The summed E-state index contributed by atoms with van der Waals surface area (Å²) in [6, 6.07) is 8.04. The van der Waals surface area contributed by atoms with Crippen LogP contribution in [0.15, 0.2) is 36.4 Å². The van der Waals surface area contributed by atoms with Crippen LogP contribution in [0.25, 0.3) is 0 Å². The van der Waals surface area contributed by atoms with Gasteiger partial charge in [0.15, 0.2) is 11.5 Å². The largest absolute Gasteiger partial charge is 0.490 e. The Kier molecular flexibility index (Phi) is 6.56. The number of hydrogen-bond acceptors (Lipinski definition) is 4. The van der Waals surface area contributed by atoms with Crippen molar-refractivity contribution >= 4 is 17.3 Å². The number of ether oxygens (including phenoxy) is 2. The van der Waals surface area contributed by atoms with Crippen LogP contribution in [0.5, 0.6) is 11.5 Å². The van der Waals surface area contributed by atoms with Gasteiger partial charge in [0.25, 0.3) is 0 Å². The SMILES string of the molecule is CCOc1ccc(NC(=O)CNc2cc(F)cc(F)c2)cc1OCC. The number of anilines is 2. The van der Waals surface area contributed by atoms with E-state index in [4.69, 9.17) is 9.47 Å². The van der Waals surface area contributed by atoms with Crippen LogP contribution in [-0.4, -0.2) is 25.7 Å². The van der Waals surface area contributed by atoms with Crippen LogP contribution in [0.4, 0.5) is 20.2 Å². The van der Waals surface area contributed by atoms with E-state index in [0.717, 1.165) is 18.2 Å². The van der Waals surface area contributed by atoms with Gasteiger partial charge >= 0.3 is 0 Å². The summed E-state index contributed by atoms with van der Waals surface area (Å²) >= 11 is 0. The fourth-order valence-corrected chi connectivity index (χ4v) is 2.17. The molecule has 0 spiro atoms. The van der Waals surface area contributed by atoms with Gasteiger partial charge in [0.2, 0.25) is 5.91 Å². The number of halogens is 2. The lowest BCUT2D eigenvalue weighted by molar-refractivity contribution is -0.114. The smallest absolute Gasteiger partial charge is 0.243 e. The van der Waals surface area contributed by atoms with Crippen molar-refractivity contribution in [2.45, 2.75) is 13.8 Å². The molecular formula is C18H20F2N2O3. The summed E-state index contributed by atoms with van der Waals surface area (Å²) in [5.74, 6) is -0.666. The van der Waals surface area contributed by atoms with E-state index in [1.54, 1.807) is 18.2 Å². The minimum atomic E-state index is -0.712. The van der Waals surface area contributed by atoms with Crippen LogP contribution < -0.4 is 20.1 Å². The standard InChI is InChI=1S/C18H20F2N2O3/c1-3-24-16-6-5-14(10-17(16)25-4-2)22-18(23)11-21-15-8-12(19)7-13(20)9-15/h5-10,21H,3-4,11H2,1-2H3,(H,22,23). The van der Waals surface area contributed by atoms with E-state index in [1.807, 2.05) is 13.8 Å². The van der Waals surface area contributed by atoms with Gasteiger partial charge in [-0.25, -0.2) is 8.78 Å². The van der Waals surface area contributed by atoms with E-state index in [0.29, 0.717) is 30.4 Å². The Morgan fingerprint density at radius 2 is 1.56 bits per heavy atom. The molecule has 0 saturated heterocycles. The van der Waals surface area contributed by atoms with Crippen LogP contribution in [0, 0.1) is 11.6 Å². The molecule has 0 saturated carbocycles. The second kappa shape index (κ2) is 8.86. The van der Waals surface area contributed by atoms with E-state index in [1.165, 1.54) is 0 Å². The highest BCUT2D eigenvalue weighted by Crippen LogP contribution is 2.30. The summed E-state index contributed by atoms with van der Waals surface area (Å²) in [4.78, 5) is 12.0. The quantitative estimate of drug-likeness (QED) is 0.760. The molecule has 2 N–H and O–H groups in total. The number of nitrogens with one attached hydrogen (secondary N) is 2. The molecule has 5 nitrogen and oxygen atoms in total. The van der Waals surface area contributed by atoms with Crippen LogP contribution >= 0.6 is 0 Å². The molecule has 0 aliphatic rings. The maximum absolute atomic E-state index is 13.1. The summed E-state index contributed by atoms with van der Waals surface area (Å²) in [5.41, 5.74) is 0.721. The first-order valence-corrected chi connectivity index (χ1v) is 7.91. The molecular weight excluding hydrogens is 330 g/mol. The summed E-state index contributed by atoms with van der Waals surface area (Å²) < 4.78 is 37.2. The first-order chi connectivity index (χ1) is 12.0. The average molecular weight is 350 g/mol. The molecule has 0 unspecified atom stereocenters. The third kappa shape index (κ3) is 5.63. The predicted octanol–water partition coefficient (Wildman–Crippen LogP) is 3.81. The molecule has 0 bridgehead atoms. The second-order valence-corrected chi connectivity index (χ2v) is 5.09. The highest BCUT2D eigenvalue weighted by Gasteiger charge is 2.09. The number of carbonyl (C=O) groups is 1. The molecule has 25 heavy (non-hydrogen) atoms. The summed E-state index contributed by atoms with van der Waals surface area (Å²) in [5, 5.41) is 5.35. The molecule has 0 aliphatic heterocycles. The topological polar surface area (TPSA) is 59.6 Å². The first kappa shape index (κ1) is 18.5. The van der Waals surface area contributed by atoms with Crippen LogP contribution in [0.2, 0.25) is 0 Å². The van der Waals surface area contributed by atoms with Crippen molar-refractivity contribution in [3.8, 4) is 11.5 Å². The lowest BCUT2D eigenvalue weighted by Crippen LogP contribution is -2.21. The van der Waals surface area contributed by atoms with Crippen molar-refractivity contribution in [3.63, 3.8) is 0 Å². The molecule has 7 heteroatoms. The Balaban J connectivity index is 1.98. The molecule has 0 radical (unpaired) electrons. The molecule has 2 aromatic rings. The summed E-state index contributed by atoms with van der Waals surface area (Å²) in [6.07, 6.45) is 0. The van der Waals surface area contributed by atoms with Gasteiger partial charge < -0.3 is 20.1 Å². The van der Waals surface area contributed by atoms with Crippen molar-refractivity contribution in [3.05, 3.63) is 48.0 Å². The lowest BCUT2D eigenvalue weighted by atomic mass is 10.2. The predicted molar refractivity (Wildman–Crippen MR) is 92.3 cm³/mol. The minimum Gasteiger partial charge on any atom is -0.490 e. The van der Waals surface area contributed by atoms with Crippen LogP contribution in [-0.2, 0) is 4.79 Å². The monoisotopic (exact) mass is 350 g/mol. The van der Waals surface area contributed by atoms with E-state index in [9.17, 15) is 13.6 Å². The molecule has 0 aliphatic carbocycles. The van der Waals surface area contributed by atoms with Gasteiger partial charge in [0.05, 0.1) is 19.8 Å². The fourth-order valence-electron chi connectivity index (χ4n) is 2.17. The maximum Gasteiger partial charge on any atom is 0.243 e. The normalized spacial score (nSPS) is 10.2. The lowest BCUT2D eigenvalue weighted by Gasteiger charge is -2.13. The highest BCUT2D eigenvalue weighted by atomic mass is 19.1. The Hall–Kier alpha value is -2.83. The van der Waals surface area contributed by atoms with Crippen molar-refractivity contribution in [2.75, 3.05) is 30.4 Å². The number of carbonyl (C=O) groups excluding carboxylic acids is 1. The van der Waals surface area contributed by atoms with Crippen molar-refractivity contribution < 1.29 is 23.0 Å². The summed E-state index contributed by atoms with van der Waals surface area (Å²) in [7, 11) is 0. The van der Waals surface area contributed by atoms with Gasteiger partial charge in [0.1, 0.15) is 11.6 Å². The molecule has 1 amide bonds. The van der Waals surface area contributed by atoms with Crippen molar-refractivity contribution in [1.82, 2.24) is 0 Å². The van der Waals surface area contributed by atoms with E-state index in [-0.39, 0.29) is 18.1 Å². The highest BCUT2D eigenvalue weighted by molar-refractivity contribution is 5.94. The zero-order valence-electron chi connectivity index (χ0n) is 14.1. The number of amides is 1. The van der Waals surface area contributed by atoms with Gasteiger partial charge in [-0.1, -0.05) is 0 Å². The molecule has 0 atom stereocenters. The number of rotatable bonds is 8. The minimum absolute atomic E-state index is 0.139. The van der Waals surface area contributed by atoms with Crippen LogP contribution in [0.1, 0.15) is 13.8 Å². The molecule has 0 aromatic heterocycles. The summed E-state index contributed by atoms with van der Waals surface area (Å²) in [6.45, 7) is 4.54. The van der Waals surface area contributed by atoms with E-state index >= 15 is 0 Å². The van der Waals surface area contributed by atoms with Gasteiger partial charge in [-0.05, 0) is 38.1 Å². The van der Waals surface area contributed by atoms with Crippen LogP contribution in [0.3, 0.4) is 0 Å². The van der Waals surface area contributed by atoms with Crippen molar-refractivity contribution in [2.24, 2.45) is 0 Å². The van der Waals surface area contributed by atoms with E-state index < -0.39 is 11.6 Å². The zero-order valence-corrected chi connectivity index (χ0v) is 14.1. The third-order valence-electron chi connectivity index (χ3n) is 3.14. The molecule has 134 valence electrons. The third-order valence-corrected chi connectivity index (χ3v) is 3.14. The Morgan fingerprint density at radius 1 is 0.920 bits per heavy atom. The Labute approximate surface area is 144 Å². The first-order valence-electron chi connectivity index (χ1n) is 7.91.